The van der Waals surface area contributed by atoms with E-state index in [2.05, 4.69) is 20.8 Å². The van der Waals surface area contributed by atoms with E-state index in [1.165, 1.54) is 0 Å². The van der Waals surface area contributed by atoms with Crippen molar-refractivity contribution in [2.75, 3.05) is 19.8 Å². The lowest BCUT2D eigenvalue weighted by atomic mass is 9.72. The first-order chi connectivity index (χ1) is 9.04. The summed E-state index contributed by atoms with van der Waals surface area (Å²) in [6, 6.07) is 0.426. The SMILES string of the molecule is CCC1COCCN1C(=O)C1CC(N)C(C)CC1C. The Bertz CT molecular complexity index is 321. The first-order valence-electron chi connectivity index (χ1n) is 7.68. The van der Waals surface area contributed by atoms with Crippen molar-refractivity contribution in [1.82, 2.24) is 4.90 Å². The molecule has 5 atom stereocenters. The van der Waals surface area contributed by atoms with Gasteiger partial charge in [-0.15, -0.1) is 0 Å². The molecule has 0 aromatic carbocycles. The van der Waals surface area contributed by atoms with Crippen LogP contribution in [0.1, 0.15) is 40.0 Å². The molecule has 1 aliphatic heterocycles. The zero-order chi connectivity index (χ0) is 14.0. The summed E-state index contributed by atoms with van der Waals surface area (Å²) in [4.78, 5) is 14.8. The van der Waals surface area contributed by atoms with Gasteiger partial charge in [0, 0.05) is 18.5 Å². The fourth-order valence-electron chi connectivity index (χ4n) is 3.52. The Morgan fingerprint density at radius 2 is 2.05 bits per heavy atom. The molecular weight excluding hydrogens is 240 g/mol. The first kappa shape index (κ1) is 14.8. The Morgan fingerprint density at radius 3 is 2.74 bits per heavy atom. The molecule has 0 spiro atoms. The maximum Gasteiger partial charge on any atom is 0.226 e. The van der Waals surface area contributed by atoms with Gasteiger partial charge >= 0.3 is 0 Å². The number of carbonyl (C=O) groups is 1. The van der Waals surface area contributed by atoms with Gasteiger partial charge in [0.25, 0.3) is 0 Å². The fraction of sp³-hybridized carbons (Fsp3) is 0.933. The molecule has 0 bridgehead atoms. The number of nitrogens with zero attached hydrogens (tertiary/aromatic N) is 1. The molecule has 2 rings (SSSR count). The molecule has 4 heteroatoms. The van der Waals surface area contributed by atoms with Crippen molar-refractivity contribution in [3.8, 4) is 0 Å². The molecule has 1 amide bonds. The van der Waals surface area contributed by atoms with E-state index in [4.69, 9.17) is 10.5 Å². The summed E-state index contributed by atoms with van der Waals surface area (Å²) in [5.41, 5.74) is 6.17. The summed E-state index contributed by atoms with van der Waals surface area (Å²) in [7, 11) is 0. The summed E-state index contributed by atoms with van der Waals surface area (Å²) < 4.78 is 5.49. The molecule has 1 heterocycles. The quantitative estimate of drug-likeness (QED) is 0.828. The van der Waals surface area contributed by atoms with Crippen molar-refractivity contribution in [3.63, 3.8) is 0 Å². The van der Waals surface area contributed by atoms with Crippen molar-refractivity contribution < 1.29 is 9.53 Å². The highest BCUT2D eigenvalue weighted by molar-refractivity contribution is 5.79. The Morgan fingerprint density at radius 1 is 1.32 bits per heavy atom. The minimum atomic E-state index is 0.110. The minimum absolute atomic E-state index is 0.110. The smallest absolute Gasteiger partial charge is 0.226 e. The van der Waals surface area contributed by atoms with Crippen molar-refractivity contribution in [1.29, 1.82) is 0 Å². The summed E-state index contributed by atoms with van der Waals surface area (Å²) in [5, 5.41) is 0. The van der Waals surface area contributed by atoms with Crippen LogP contribution in [0.4, 0.5) is 0 Å². The standard InChI is InChI=1S/C15H28N2O2/c1-4-12-9-19-6-5-17(12)15(18)13-8-14(16)11(3)7-10(13)2/h10-14H,4-9,16H2,1-3H3. The zero-order valence-electron chi connectivity index (χ0n) is 12.5. The normalized spacial score (nSPS) is 40.2. The lowest BCUT2D eigenvalue weighted by molar-refractivity contribution is -0.147. The molecule has 0 radical (unpaired) electrons. The minimum Gasteiger partial charge on any atom is -0.377 e. The van der Waals surface area contributed by atoms with Crippen molar-refractivity contribution in [3.05, 3.63) is 0 Å². The number of hydrogen-bond donors (Lipinski definition) is 1. The average molecular weight is 268 g/mol. The van der Waals surface area contributed by atoms with Crippen LogP contribution in [-0.2, 0) is 9.53 Å². The number of nitrogens with two attached hydrogens (primary N) is 1. The maximum atomic E-state index is 12.8. The predicted octanol–water partition coefficient (Wildman–Crippen LogP) is 1.63. The topological polar surface area (TPSA) is 55.6 Å². The number of carbonyl (C=O) groups excluding carboxylic acids is 1. The third-order valence-corrected chi connectivity index (χ3v) is 4.99. The molecule has 1 saturated carbocycles. The average Bonchev–Trinajstić information content (AvgIpc) is 2.42. The van der Waals surface area contributed by atoms with Crippen LogP contribution in [-0.4, -0.2) is 42.6 Å². The van der Waals surface area contributed by atoms with Gasteiger partial charge in [-0.05, 0) is 31.1 Å². The van der Waals surface area contributed by atoms with Crippen molar-refractivity contribution in [2.24, 2.45) is 23.5 Å². The van der Waals surface area contributed by atoms with Gasteiger partial charge in [0.1, 0.15) is 0 Å². The second kappa shape index (κ2) is 6.23. The summed E-state index contributed by atoms with van der Waals surface area (Å²) in [6.45, 7) is 8.62. The molecule has 110 valence electrons. The van der Waals surface area contributed by atoms with Crippen molar-refractivity contribution >= 4 is 5.91 Å². The molecular formula is C15H28N2O2. The first-order valence-corrected chi connectivity index (χ1v) is 7.68. The van der Waals surface area contributed by atoms with Gasteiger partial charge in [0.05, 0.1) is 19.3 Å². The van der Waals surface area contributed by atoms with Crippen LogP contribution in [0.15, 0.2) is 0 Å². The highest BCUT2D eigenvalue weighted by Crippen LogP contribution is 2.34. The Hall–Kier alpha value is -0.610. The van der Waals surface area contributed by atoms with Gasteiger partial charge < -0.3 is 15.4 Å². The van der Waals surface area contributed by atoms with E-state index in [0.29, 0.717) is 31.0 Å². The third-order valence-electron chi connectivity index (χ3n) is 4.99. The van der Waals surface area contributed by atoms with E-state index < -0.39 is 0 Å². The second-order valence-corrected chi connectivity index (χ2v) is 6.36. The molecule has 19 heavy (non-hydrogen) atoms. The molecule has 1 saturated heterocycles. The lowest BCUT2D eigenvalue weighted by Crippen LogP contribution is -2.53. The predicted molar refractivity (Wildman–Crippen MR) is 75.6 cm³/mol. The molecule has 2 N–H and O–H groups in total. The zero-order valence-corrected chi connectivity index (χ0v) is 12.5. The van der Waals surface area contributed by atoms with E-state index in [1.54, 1.807) is 0 Å². The van der Waals surface area contributed by atoms with Gasteiger partial charge in [0.15, 0.2) is 0 Å². The van der Waals surface area contributed by atoms with Crippen LogP contribution in [0.2, 0.25) is 0 Å². The highest BCUT2D eigenvalue weighted by Gasteiger charge is 2.39. The van der Waals surface area contributed by atoms with E-state index >= 15 is 0 Å². The van der Waals surface area contributed by atoms with Crippen LogP contribution in [0, 0.1) is 17.8 Å². The van der Waals surface area contributed by atoms with Gasteiger partial charge in [-0.2, -0.15) is 0 Å². The monoisotopic (exact) mass is 268 g/mol. The largest absolute Gasteiger partial charge is 0.377 e. The van der Waals surface area contributed by atoms with Gasteiger partial charge in [-0.25, -0.2) is 0 Å². The molecule has 2 fully saturated rings. The molecule has 5 unspecified atom stereocenters. The number of morpholine rings is 1. The van der Waals surface area contributed by atoms with E-state index in [9.17, 15) is 4.79 Å². The molecule has 1 aliphatic carbocycles. The van der Waals surface area contributed by atoms with Crippen LogP contribution in [0.5, 0.6) is 0 Å². The molecule has 4 nitrogen and oxygen atoms in total. The van der Waals surface area contributed by atoms with E-state index in [0.717, 1.165) is 25.8 Å². The van der Waals surface area contributed by atoms with Crippen LogP contribution >= 0.6 is 0 Å². The number of rotatable bonds is 2. The van der Waals surface area contributed by atoms with Gasteiger partial charge in [-0.3, -0.25) is 4.79 Å². The van der Waals surface area contributed by atoms with E-state index in [1.807, 2.05) is 4.90 Å². The van der Waals surface area contributed by atoms with Gasteiger partial charge in [-0.1, -0.05) is 20.8 Å². The molecule has 0 aromatic rings. The highest BCUT2D eigenvalue weighted by atomic mass is 16.5. The van der Waals surface area contributed by atoms with Crippen molar-refractivity contribution in [2.45, 2.75) is 52.1 Å². The van der Waals surface area contributed by atoms with Crippen LogP contribution in [0.3, 0.4) is 0 Å². The summed E-state index contributed by atoms with van der Waals surface area (Å²) in [5.74, 6) is 1.40. The Labute approximate surface area is 116 Å². The second-order valence-electron chi connectivity index (χ2n) is 6.36. The maximum absolute atomic E-state index is 12.8. The van der Waals surface area contributed by atoms with Crippen LogP contribution in [0.25, 0.3) is 0 Å². The third kappa shape index (κ3) is 3.11. The van der Waals surface area contributed by atoms with Crippen LogP contribution < -0.4 is 5.73 Å². The summed E-state index contributed by atoms with van der Waals surface area (Å²) in [6.07, 6.45) is 2.88. The van der Waals surface area contributed by atoms with E-state index in [-0.39, 0.29) is 18.0 Å². The Kier molecular flexibility index (Phi) is 4.85. The summed E-state index contributed by atoms with van der Waals surface area (Å²) >= 11 is 0. The fourth-order valence-corrected chi connectivity index (χ4v) is 3.52. The molecule has 2 aliphatic rings. The number of amides is 1. The molecule has 0 aromatic heterocycles. The number of hydrogen-bond acceptors (Lipinski definition) is 3. The lowest BCUT2D eigenvalue weighted by Gasteiger charge is -2.42. The Balaban J connectivity index is 2.05. The van der Waals surface area contributed by atoms with Gasteiger partial charge in [0.2, 0.25) is 5.91 Å². The number of ether oxygens (including phenoxy) is 1.